The molecule has 45 heavy (non-hydrogen) atoms. The summed E-state index contributed by atoms with van der Waals surface area (Å²) in [5.74, 6) is -5.15. The molecule has 244 valence electrons. The van der Waals surface area contributed by atoms with Crippen molar-refractivity contribution in [2.45, 2.75) is 18.9 Å². The number of hydrogen-bond acceptors (Lipinski definition) is 20. The van der Waals surface area contributed by atoms with Gasteiger partial charge in [0.1, 0.15) is 0 Å². The van der Waals surface area contributed by atoms with Gasteiger partial charge in [-0.1, -0.05) is 0 Å². The number of nitrogens with zero attached hydrogens (tertiary/aromatic N) is 4. The third-order valence-electron chi connectivity index (χ3n) is 6.73. The molecular weight excluding hydrogens is 655 g/mol. The second-order valence-corrected chi connectivity index (χ2v) is 12.8. The first-order valence-corrected chi connectivity index (χ1v) is 16.1. The maximum atomic E-state index is 15.6. The van der Waals surface area contributed by atoms with Gasteiger partial charge in [-0.2, -0.15) is 0 Å². The summed E-state index contributed by atoms with van der Waals surface area (Å²) >= 11 is 0. The Morgan fingerprint density at radius 1 is 1.13 bits per heavy atom. The number of furan rings is 1. The molecule has 0 aliphatic carbocycles. The molecule has 3 aromatic heterocycles. The molecule has 1 unspecified atom stereocenters. The van der Waals surface area contributed by atoms with Crippen LogP contribution in [0.1, 0.15) is 5.76 Å². The van der Waals surface area contributed by atoms with Crippen LogP contribution in [0.3, 0.4) is 0 Å². The van der Waals surface area contributed by atoms with Crippen molar-refractivity contribution in [3.8, 4) is 11.5 Å². The molecule has 0 saturated carbocycles. The van der Waals surface area contributed by atoms with Crippen LogP contribution in [0.15, 0.2) is 44.9 Å². The van der Waals surface area contributed by atoms with Gasteiger partial charge in [-0.15, -0.1) is 0 Å². The Labute approximate surface area is 248 Å². The van der Waals surface area contributed by atoms with Crippen LogP contribution in [0.2, 0.25) is 0 Å². The minimum atomic E-state index is -5.40. The number of hydrogen-bond donors (Lipinski definition) is 11. The summed E-state index contributed by atoms with van der Waals surface area (Å²) in [5.41, 5.74) is 4.69. The molecule has 3 aromatic rings. The summed E-state index contributed by atoms with van der Waals surface area (Å²) in [4.78, 5) is 66.3. The Morgan fingerprint density at radius 3 is 2.73 bits per heavy atom. The number of aromatic nitrogens is 4. The van der Waals surface area contributed by atoms with Crippen LogP contribution < -0.4 is 36.7 Å². The molecule has 7 heterocycles. The monoisotopic (exact) mass is 679 g/mol. The number of nitrogens with two attached hydrogens (primary N) is 1. The topological polar surface area (TPSA) is 310 Å². The first-order valence-electron chi connectivity index (χ1n) is 12.7. The van der Waals surface area contributed by atoms with Crippen molar-refractivity contribution in [2.75, 3.05) is 24.0 Å². The van der Waals surface area contributed by atoms with E-state index in [1.54, 1.807) is 0 Å². The second-order valence-electron chi connectivity index (χ2n) is 9.64. The third-order valence-corrected chi connectivity index (χ3v) is 8.63. The number of H-pyrrole nitrogens is 1. The van der Waals surface area contributed by atoms with Crippen molar-refractivity contribution in [3.05, 3.63) is 51.8 Å². The third kappa shape index (κ3) is 4.96. The zero-order valence-electron chi connectivity index (χ0n) is 22.2. The van der Waals surface area contributed by atoms with Crippen LogP contribution in [-0.2, 0) is 24.9 Å². The van der Waals surface area contributed by atoms with Crippen molar-refractivity contribution in [1.82, 2.24) is 35.5 Å². The Morgan fingerprint density at radius 2 is 1.93 bits per heavy atom. The van der Waals surface area contributed by atoms with Crippen LogP contribution in [-0.4, -0.2) is 75.0 Å². The van der Waals surface area contributed by atoms with Gasteiger partial charge in [-0.3, -0.25) is 0 Å². The molecule has 2 atom stereocenters. The van der Waals surface area contributed by atoms with E-state index in [9.17, 15) is 34.6 Å². The standard InChI is InChI=1S/C20H24FN9O13P2/c21-8-6-1-38-44(34,35)42-12-7(41-18(11(12)31)29-4-25-9-14(29)23-3-24-16(9)32)2-39-45(36,37)43-13(8)19(40-6)30-5-26-10-15(30)27-20(22)28-17(10)33/h1,5,8,14,23-25,31-32,34-37,44-45H,2-4H2,(H3,22,27,28,33)/b6-1+/t8-,14?/m1/s1. The quantitative estimate of drug-likeness (QED) is 0.135. The number of aromatic amines is 1. The molecule has 2 bridgehead atoms. The first-order chi connectivity index (χ1) is 21.3. The van der Waals surface area contributed by atoms with Crippen LogP contribution in [0.25, 0.3) is 17.0 Å². The molecular formula is C20H24FN9O13P2. The van der Waals surface area contributed by atoms with Gasteiger partial charge in [-0.25, -0.2) is 0 Å². The summed E-state index contributed by atoms with van der Waals surface area (Å²) < 4.78 is 48.1. The molecule has 0 spiro atoms. The number of halogens is 1. The van der Waals surface area contributed by atoms with Crippen molar-refractivity contribution >= 4 is 45.2 Å². The summed E-state index contributed by atoms with van der Waals surface area (Å²) in [6.07, 6.45) is -1.80. The van der Waals surface area contributed by atoms with Gasteiger partial charge >= 0.3 is 248 Å². The number of nitrogen functional groups attached to an aromatic ring is 1. The van der Waals surface area contributed by atoms with E-state index in [2.05, 4.69) is 30.9 Å². The van der Waals surface area contributed by atoms with Gasteiger partial charge in [-0.05, 0) is 0 Å². The van der Waals surface area contributed by atoms with Crippen molar-refractivity contribution in [1.29, 1.82) is 0 Å². The van der Waals surface area contributed by atoms with Crippen LogP contribution in [0.4, 0.5) is 16.2 Å². The molecule has 25 heteroatoms. The molecule has 4 aliphatic rings. The second kappa shape index (κ2) is 10.2. The zero-order valence-corrected chi connectivity index (χ0v) is 24.2. The van der Waals surface area contributed by atoms with E-state index in [0.717, 1.165) is 10.9 Å². The molecule has 1 saturated heterocycles. The number of rotatable bonds is 2. The molecule has 7 rings (SSSR count). The fourth-order valence-corrected chi connectivity index (χ4v) is 6.44. The van der Waals surface area contributed by atoms with Crippen molar-refractivity contribution in [3.63, 3.8) is 0 Å². The summed E-state index contributed by atoms with van der Waals surface area (Å²) in [5, 5.41) is 29.7. The van der Waals surface area contributed by atoms with Crippen LogP contribution >= 0.6 is 16.3 Å². The number of aromatic hydroxyl groups is 1. The summed E-state index contributed by atoms with van der Waals surface area (Å²) in [6, 6.07) is 0. The van der Waals surface area contributed by atoms with E-state index in [-0.39, 0.29) is 42.2 Å². The Kier molecular flexibility index (Phi) is 6.62. The fraction of sp³-hybridized carbons (Fsp3) is 0.250. The predicted octanol–water partition coefficient (Wildman–Crippen LogP) is -1.66. The SMILES string of the molecule is Nc1nc2c(ncn2C2=C3O[PH](O)(O)OCc4oc(N5CNC6=C(O)NCNC65)c(O)c4O[PH](O)(O)O/C=C(/O2)[C@H]3F)c(=O)[nH]1. The van der Waals surface area contributed by atoms with Crippen molar-refractivity contribution in [2.24, 2.45) is 0 Å². The maximum absolute atomic E-state index is 15.6. The number of fused-ring (bicyclic) bond motifs is 5. The molecule has 0 amide bonds. The Balaban J connectivity index is 1.28. The van der Waals surface area contributed by atoms with Gasteiger partial charge < -0.3 is 0 Å². The van der Waals surface area contributed by atoms with E-state index < -0.39 is 75.5 Å². The number of alkyl halides is 1. The van der Waals surface area contributed by atoms with Gasteiger partial charge in [0.15, 0.2) is 0 Å². The molecule has 12 N–H and O–H groups in total. The normalized spacial score (nSPS) is 26.6. The van der Waals surface area contributed by atoms with E-state index in [4.69, 9.17) is 33.0 Å². The zero-order chi connectivity index (χ0) is 31.8. The van der Waals surface area contributed by atoms with Gasteiger partial charge in [0.05, 0.1) is 0 Å². The van der Waals surface area contributed by atoms with Crippen LogP contribution in [0.5, 0.6) is 11.5 Å². The number of aliphatic hydroxyl groups excluding tert-OH is 1. The minimum absolute atomic E-state index is 0.0216. The number of ether oxygens (including phenoxy) is 1. The first kappa shape index (κ1) is 29.1. The molecule has 0 aromatic carbocycles. The fourth-order valence-electron chi connectivity index (χ4n) is 4.79. The molecule has 4 aliphatic heterocycles. The molecule has 1 fully saturated rings. The number of imidazole rings is 1. The van der Waals surface area contributed by atoms with Crippen molar-refractivity contribution < 1.29 is 61.4 Å². The van der Waals surface area contributed by atoms with Crippen LogP contribution in [0, 0.1) is 0 Å². The van der Waals surface area contributed by atoms with E-state index in [1.165, 1.54) is 4.90 Å². The number of aliphatic hydroxyl groups is 1. The summed E-state index contributed by atoms with van der Waals surface area (Å²) in [7, 11) is -10.8. The average molecular weight is 679 g/mol. The van der Waals surface area contributed by atoms with E-state index in [0.29, 0.717) is 12.0 Å². The Bertz CT molecular complexity index is 1870. The van der Waals surface area contributed by atoms with E-state index >= 15 is 4.39 Å². The molecule has 22 nitrogen and oxygen atoms in total. The van der Waals surface area contributed by atoms with Gasteiger partial charge in [0.2, 0.25) is 0 Å². The summed E-state index contributed by atoms with van der Waals surface area (Å²) in [6.45, 7) is -0.828. The Hall–Kier alpha value is -4.60. The average Bonchev–Trinajstić information content (AvgIpc) is 3.72. The predicted molar refractivity (Wildman–Crippen MR) is 148 cm³/mol. The van der Waals surface area contributed by atoms with E-state index in [1.807, 2.05) is 0 Å². The van der Waals surface area contributed by atoms with Gasteiger partial charge in [0, 0.05) is 0 Å². The number of nitrogens with one attached hydrogen (secondary N) is 4. The number of anilines is 2. The molecule has 0 radical (unpaired) electrons. The van der Waals surface area contributed by atoms with Gasteiger partial charge in [0.25, 0.3) is 0 Å².